The zero-order valence-corrected chi connectivity index (χ0v) is 9.64. The average Bonchev–Trinajstić information content (AvgIpc) is 2.56. The fourth-order valence-corrected chi connectivity index (χ4v) is 2.30. The van der Waals surface area contributed by atoms with Crippen LogP contribution in [0, 0.1) is 0 Å². The second kappa shape index (κ2) is 3.95. The molecule has 2 unspecified atom stereocenters. The van der Waals surface area contributed by atoms with Crippen LogP contribution in [0.1, 0.15) is 31.1 Å². The van der Waals surface area contributed by atoms with Crippen molar-refractivity contribution in [3.63, 3.8) is 0 Å². The number of rotatable bonds is 2. The van der Waals surface area contributed by atoms with Crippen molar-refractivity contribution in [1.82, 2.24) is 4.90 Å². The Morgan fingerprint density at radius 2 is 2.00 bits per heavy atom. The van der Waals surface area contributed by atoms with Crippen LogP contribution < -0.4 is 0 Å². The van der Waals surface area contributed by atoms with E-state index in [1.54, 1.807) is 0 Å². The van der Waals surface area contributed by atoms with Gasteiger partial charge < -0.3 is 5.11 Å². The standard InChI is InChI=1S/C13H19NO/c1-9(2)14(3)12-8-10-6-4-5-7-11(10)13(12)15/h4-7,9,12-13,15H,8H2,1-3H3. The summed E-state index contributed by atoms with van der Waals surface area (Å²) in [6.45, 7) is 4.32. The van der Waals surface area contributed by atoms with Crippen molar-refractivity contribution in [3.8, 4) is 0 Å². The minimum Gasteiger partial charge on any atom is -0.387 e. The average molecular weight is 205 g/mol. The lowest BCUT2D eigenvalue weighted by Crippen LogP contribution is -2.39. The first kappa shape index (κ1) is 10.7. The SMILES string of the molecule is CC(C)N(C)C1Cc2ccccc2C1O. The van der Waals surface area contributed by atoms with Gasteiger partial charge in [-0.25, -0.2) is 0 Å². The molecule has 2 heteroatoms. The fraction of sp³-hybridized carbons (Fsp3) is 0.538. The van der Waals surface area contributed by atoms with Gasteiger partial charge in [0.25, 0.3) is 0 Å². The predicted molar refractivity (Wildman–Crippen MR) is 61.8 cm³/mol. The Hall–Kier alpha value is -0.860. The van der Waals surface area contributed by atoms with Crippen molar-refractivity contribution >= 4 is 0 Å². The first-order chi connectivity index (χ1) is 7.11. The van der Waals surface area contributed by atoms with Gasteiger partial charge in [0.2, 0.25) is 0 Å². The zero-order chi connectivity index (χ0) is 11.0. The minimum atomic E-state index is -0.325. The monoisotopic (exact) mass is 205 g/mol. The zero-order valence-electron chi connectivity index (χ0n) is 9.64. The van der Waals surface area contributed by atoms with Crippen molar-refractivity contribution in [2.24, 2.45) is 0 Å². The Kier molecular flexibility index (Phi) is 2.81. The van der Waals surface area contributed by atoms with Gasteiger partial charge in [0.1, 0.15) is 0 Å². The van der Waals surface area contributed by atoms with Crippen LogP contribution in [-0.4, -0.2) is 29.1 Å². The lowest BCUT2D eigenvalue weighted by molar-refractivity contribution is 0.0599. The molecule has 1 aliphatic rings. The van der Waals surface area contributed by atoms with Gasteiger partial charge in [-0.1, -0.05) is 24.3 Å². The van der Waals surface area contributed by atoms with E-state index in [1.165, 1.54) is 5.56 Å². The Morgan fingerprint density at radius 3 is 2.60 bits per heavy atom. The Morgan fingerprint density at radius 1 is 1.33 bits per heavy atom. The predicted octanol–water partition coefficient (Wildman–Crippen LogP) is 1.98. The highest BCUT2D eigenvalue weighted by Gasteiger charge is 2.33. The molecule has 2 nitrogen and oxygen atoms in total. The molecule has 0 heterocycles. The molecule has 15 heavy (non-hydrogen) atoms. The van der Waals surface area contributed by atoms with E-state index in [9.17, 15) is 5.11 Å². The third-order valence-electron chi connectivity index (χ3n) is 3.50. The molecule has 1 aromatic carbocycles. The van der Waals surface area contributed by atoms with E-state index < -0.39 is 0 Å². The lowest BCUT2D eigenvalue weighted by atomic mass is 10.1. The summed E-state index contributed by atoms with van der Waals surface area (Å²) in [6, 6.07) is 8.91. The van der Waals surface area contributed by atoms with Crippen molar-refractivity contribution < 1.29 is 5.11 Å². The maximum Gasteiger partial charge on any atom is 0.0951 e. The number of fused-ring (bicyclic) bond motifs is 1. The van der Waals surface area contributed by atoms with Crippen LogP contribution in [-0.2, 0) is 6.42 Å². The van der Waals surface area contributed by atoms with E-state index in [0.717, 1.165) is 12.0 Å². The lowest BCUT2D eigenvalue weighted by Gasteiger charge is -2.30. The second-order valence-electron chi connectivity index (χ2n) is 4.67. The fourth-order valence-electron chi connectivity index (χ4n) is 2.30. The van der Waals surface area contributed by atoms with Crippen molar-refractivity contribution in [3.05, 3.63) is 35.4 Å². The van der Waals surface area contributed by atoms with E-state index in [4.69, 9.17) is 0 Å². The Bertz CT molecular complexity index is 348. The van der Waals surface area contributed by atoms with E-state index in [0.29, 0.717) is 6.04 Å². The largest absolute Gasteiger partial charge is 0.387 e. The summed E-state index contributed by atoms with van der Waals surface area (Å²) in [5, 5.41) is 10.2. The summed E-state index contributed by atoms with van der Waals surface area (Å²) in [5.41, 5.74) is 2.40. The third kappa shape index (κ3) is 1.80. The van der Waals surface area contributed by atoms with Crippen molar-refractivity contribution in [2.45, 2.75) is 38.5 Å². The number of hydrogen-bond acceptors (Lipinski definition) is 2. The van der Waals surface area contributed by atoms with Gasteiger partial charge in [0.05, 0.1) is 6.10 Å². The van der Waals surface area contributed by atoms with Crippen LogP contribution in [0.5, 0.6) is 0 Å². The number of aliphatic hydroxyl groups excluding tert-OH is 1. The van der Waals surface area contributed by atoms with E-state index in [1.807, 2.05) is 18.2 Å². The molecule has 0 aromatic heterocycles. The maximum absolute atomic E-state index is 10.2. The first-order valence-corrected chi connectivity index (χ1v) is 5.59. The third-order valence-corrected chi connectivity index (χ3v) is 3.50. The summed E-state index contributed by atoms with van der Waals surface area (Å²) < 4.78 is 0. The van der Waals surface area contributed by atoms with Crippen molar-refractivity contribution in [2.75, 3.05) is 7.05 Å². The topological polar surface area (TPSA) is 23.5 Å². The van der Waals surface area contributed by atoms with Crippen LogP contribution in [0.2, 0.25) is 0 Å². The smallest absolute Gasteiger partial charge is 0.0951 e. The molecule has 0 aliphatic heterocycles. The molecule has 0 spiro atoms. The van der Waals surface area contributed by atoms with Crippen LogP contribution in [0.3, 0.4) is 0 Å². The maximum atomic E-state index is 10.2. The number of benzene rings is 1. The molecule has 0 amide bonds. The van der Waals surface area contributed by atoms with Gasteiger partial charge in [-0.3, -0.25) is 4.90 Å². The van der Waals surface area contributed by atoms with Crippen LogP contribution in [0.15, 0.2) is 24.3 Å². The highest BCUT2D eigenvalue weighted by Crippen LogP contribution is 2.34. The van der Waals surface area contributed by atoms with Gasteiger partial charge in [-0.05, 0) is 38.4 Å². The van der Waals surface area contributed by atoms with Gasteiger partial charge in [0, 0.05) is 12.1 Å². The molecule has 1 aromatic rings. The Balaban J connectivity index is 2.23. The van der Waals surface area contributed by atoms with E-state index in [-0.39, 0.29) is 12.1 Å². The minimum absolute atomic E-state index is 0.238. The van der Waals surface area contributed by atoms with Crippen LogP contribution >= 0.6 is 0 Å². The second-order valence-corrected chi connectivity index (χ2v) is 4.67. The molecule has 82 valence electrons. The molecule has 2 atom stereocenters. The van der Waals surface area contributed by atoms with Gasteiger partial charge in [-0.15, -0.1) is 0 Å². The molecule has 2 rings (SSSR count). The summed E-state index contributed by atoms with van der Waals surface area (Å²) in [7, 11) is 2.09. The highest BCUT2D eigenvalue weighted by molar-refractivity contribution is 5.35. The molecule has 1 aliphatic carbocycles. The molecule has 0 radical (unpaired) electrons. The number of nitrogens with zero attached hydrogens (tertiary/aromatic N) is 1. The first-order valence-electron chi connectivity index (χ1n) is 5.59. The molecule has 0 saturated heterocycles. The summed E-state index contributed by atoms with van der Waals surface area (Å²) in [5.74, 6) is 0. The van der Waals surface area contributed by atoms with Gasteiger partial charge >= 0.3 is 0 Å². The molecular formula is C13H19NO. The molecule has 1 N–H and O–H groups in total. The van der Waals surface area contributed by atoms with Gasteiger partial charge in [-0.2, -0.15) is 0 Å². The molecule has 0 bridgehead atoms. The summed E-state index contributed by atoms with van der Waals surface area (Å²) in [4.78, 5) is 2.25. The quantitative estimate of drug-likeness (QED) is 0.798. The van der Waals surface area contributed by atoms with E-state index >= 15 is 0 Å². The Labute approximate surface area is 91.5 Å². The molecule has 0 fully saturated rings. The van der Waals surface area contributed by atoms with Crippen molar-refractivity contribution in [1.29, 1.82) is 0 Å². The molecular weight excluding hydrogens is 186 g/mol. The summed E-state index contributed by atoms with van der Waals surface area (Å²) >= 11 is 0. The normalized spacial score (nSPS) is 24.9. The molecule has 0 saturated carbocycles. The van der Waals surface area contributed by atoms with E-state index in [2.05, 4.69) is 31.9 Å². The van der Waals surface area contributed by atoms with Crippen LogP contribution in [0.4, 0.5) is 0 Å². The number of hydrogen-bond donors (Lipinski definition) is 1. The summed E-state index contributed by atoms with van der Waals surface area (Å²) in [6.07, 6.45) is 0.639. The van der Waals surface area contributed by atoms with Gasteiger partial charge in [0.15, 0.2) is 0 Å². The number of aliphatic hydroxyl groups is 1. The number of likely N-dealkylation sites (N-methyl/N-ethyl adjacent to an activating group) is 1. The van der Waals surface area contributed by atoms with Crippen LogP contribution in [0.25, 0.3) is 0 Å². The highest BCUT2D eigenvalue weighted by atomic mass is 16.3.